The zero-order valence-electron chi connectivity index (χ0n) is 16.3. The summed E-state index contributed by atoms with van der Waals surface area (Å²) in [4.78, 5) is 24.6. The first-order valence-corrected chi connectivity index (χ1v) is 10.4. The van der Waals surface area contributed by atoms with E-state index in [1.54, 1.807) is 42.7 Å². The Morgan fingerprint density at radius 1 is 1.07 bits per heavy atom. The summed E-state index contributed by atoms with van der Waals surface area (Å²) in [5.41, 5.74) is 1.89. The molecule has 0 saturated heterocycles. The van der Waals surface area contributed by atoms with Crippen LogP contribution in [-0.2, 0) is 14.8 Å². The van der Waals surface area contributed by atoms with E-state index in [2.05, 4.69) is 0 Å². The molecule has 2 N–H and O–H groups in total. The Kier molecular flexibility index (Phi) is 5.86. The molecule has 9 heteroatoms. The zero-order chi connectivity index (χ0) is 22.1. The number of esters is 1. The van der Waals surface area contributed by atoms with Gasteiger partial charge in [-0.05, 0) is 56.3 Å². The van der Waals surface area contributed by atoms with Crippen LogP contribution in [-0.4, -0.2) is 31.3 Å². The lowest BCUT2D eigenvalue weighted by atomic mass is 10.1. The van der Waals surface area contributed by atoms with Gasteiger partial charge in [-0.25, -0.2) is 22.7 Å². The van der Waals surface area contributed by atoms with Gasteiger partial charge >= 0.3 is 5.97 Å². The van der Waals surface area contributed by atoms with Crippen LogP contribution in [0.3, 0.4) is 0 Å². The fourth-order valence-corrected chi connectivity index (χ4v) is 3.64. The predicted molar refractivity (Wildman–Crippen MR) is 108 cm³/mol. The number of carbonyl (C=O) groups excluding carboxylic acids is 2. The molecule has 0 bridgehead atoms. The van der Waals surface area contributed by atoms with Gasteiger partial charge in [-0.1, -0.05) is 12.1 Å². The third-order valence-corrected chi connectivity index (χ3v) is 5.51. The first-order valence-electron chi connectivity index (χ1n) is 8.86. The smallest absolute Gasteiger partial charge is 0.338 e. The van der Waals surface area contributed by atoms with E-state index < -0.39 is 34.2 Å². The van der Waals surface area contributed by atoms with Crippen LogP contribution in [0.5, 0.6) is 0 Å². The number of ketones is 1. The Labute approximate surface area is 172 Å². The average molecular weight is 430 g/mol. The summed E-state index contributed by atoms with van der Waals surface area (Å²) in [5, 5.41) is 5.01. The van der Waals surface area contributed by atoms with Gasteiger partial charge in [0.05, 0.1) is 16.1 Å². The van der Waals surface area contributed by atoms with E-state index in [0.29, 0.717) is 22.6 Å². The monoisotopic (exact) mass is 430 g/mol. The summed E-state index contributed by atoms with van der Waals surface area (Å²) >= 11 is 0. The van der Waals surface area contributed by atoms with Crippen molar-refractivity contribution in [3.63, 3.8) is 0 Å². The molecular weight excluding hydrogens is 411 g/mol. The maximum absolute atomic E-state index is 14.2. The topological polar surface area (TPSA) is 108 Å². The number of nitrogens with zero attached hydrogens (tertiary/aromatic N) is 1. The summed E-state index contributed by atoms with van der Waals surface area (Å²) in [5.74, 6) is -1.65. The standard InChI is InChI=1S/C21H19FN2O5S/c1-13-11-17(14(2)24(13)19-6-4-3-5-18(19)22)20(25)12-29-21(26)15-7-9-16(10-8-15)30(23,27)28/h3-11H,12H2,1-2H3,(H2,23,27,28). The van der Waals surface area contributed by atoms with E-state index in [-0.39, 0.29) is 10.5 Å². The molecule has 7 nitrogen and oxygen atoms in total. The molecule has 0 amide bonds. The second-order valence-electron chi connectivity index (χ2n) is 6.64. The summed E-state index contributed by atoms with van der Waals surface area (Å²) in [6.07, 6.45) is 0. The number of carbonyl (C=O) groups is 2. The maximum Gasteiger partial charge on any atom is 0.338 e. The van der Waals surface area contributed by atoms with Crippen molar-refractivity contribution in [3.05, 3.63) is 82.9 Å². The van der Waals surface area contributed by atoms with E-state index in [1.807, 2.05) is 0 Å². The Bertz CT molecular complexity index is 1230. The zero-order valence-corrected chi connectivity index (χ0v) is 17.1. The minimum Gasteiger partial charge on any atom is -0.454 e. The molecule has 0 aliphatic rings. The summed E-state index contributed by atoms with van der Waals surface area (Å²) < 4.78 is 43.4. The summed E-state index contributed by atoms with van der Waals surface area (Å²) in [6, 6.07) is 12.7. The molecule has 0 fully saturated rings. The second-order valence-corrected chi connectivity index (χ2v) is 8.20. The number of Topliss-reactive ketones (excluding diaryl/α,β-unsaturated/α-hetero) is 1. The Morgan fingerprint density at radius 3 is 2.30 bits per heavy atom. The quantitative estimate of drug-likeness (QED) is 0.478. The number of aromatic nitrogens is 1. The van der Waals surface area contributed by atoms with Crippen LogP contribution in [0.4, 0.5) is 4.39 Å². The van der Waals surface area contributed by atoms with Crippen LogP contribution in [0.15, 0.2) is 59.5 Å². The summed E-state index contributed by atoms with van der Waals surface area (Å²) in [7, 11) is -3.87. The number of sulfonamides is 1. The number of ether oxygens (including phenoxy) is 1. The van der Waals surface area contributed by atoms with Gasteiger partial charge in [0.15, 0.2) is 6.61 Å². The van der Waals surface area contributed by atoms with Crippen LogP contribution < -0.4 is 5.14 Å². The van der Waals surface area contributed by atoms with Crippen molar-refractivity contribution in [1.82, 2.24) is 4.57 Å². The van der Waals surface area contributed by atoms with Crippen molar-refractivity contribution in [2.75, 3.05) is 6.61 Å². The molecule has 1 heterocycles. The van der Waals surface area contributed by atoms with Crippen LogP contribution >= 0.6 is 0 Å². The van der Waals surface area contributed by atoms with E-state index in [4.69, 9.17) is 9.88 Å². The highest BCUT2D eigenvalue weighted by Crippen LogP contribution is 2.23. The number of para-hydroxylation sites is 1. The van der Waals surface area contributed by atoms with Crippen molar-refractivity contribution < 1.29 is 27.1 Å². The highest BCUT2D eigenvalue weighted by molar-refractivity contribution is 7.89. The van der Waals surface area contributed by atoms with E-state index in [9.17, 15) is 22.4 Å². The lowest BCUT2D eigenvalue weighted by molar-refractivity contribution is 0.0474. The number of primary sulfonamides is 1. The van der Waals surface area contributed by atoms with Crippen LogP contribution in [0.2, 0.25) is 0 Å². The molecule has 0 atom stereocenters. The molecule has 2 aromatic carbocycles. The first-order chi connectivity index (χ1) is 14.1. The normalized spacial score (nSPS) is 11.3. The lowest BCUT2D eigenvalue weighted by Crippen LogP contribution is -2.16. The number of halogens is 1. The SMILES string of the molecule is Cc1cc(C(=O)COC(=O)c2ccc(S(N)(=O)=O)cc2)c(C)n1-c1ccccc1F. The van der Waals surface area contributed by atoms with Crippen LogP contribution in [0.25, 0.3) is 5.69 Å². The van der Waals surface area contributed by atoms with Crippen molar-refractivity contribution >= 4 is 21.8 Å². The molecule has 0 radical (unpaired) electrons. The molecule has 0 aliphatic carbocycles. The number of hydrogen-bond acceptors (Lipinski definition) is 5. The van der Waals surface area contributed by atoms with Crippen LogP contribution in [0, 0.1) is 19.7 Å². The van der Waals surface area contributed by atoms with Gasteiger partial charge in [-0.15, -0.1) is 0 Å². The van der Waals surface area contributed by atoms with Gasteiger partial charge in [0.1, 0.15) is 5.82 Å². The third-order valence-electron chi connectivity index (χ3n) is 4.58. The minimum absolute atomic E-state index is 0.0760. The number of rotatable bonds is 6. The molecule has 0 spiro atoms. The molecular formula is C21H19FN2O5S. The molecule has 0 aliphatic heterocycles. The van der Waals surface area contributed by atoms with Gasteiger partial charge in [0, 0.05) is 17.0 Å². The molecule has 156 valence electrons. The van der Waals surface area contributed by atoms with Gasteiger partial charge in [0.2, 0.25) is 15.8 Å². The molecule has 3 rings (SSSR count). The van der Waals surface area contributed by atoms with Gasteiger partial charge in [-0.2, -0.15) is 0 Å². The van der Waals surface area contributed by atoms with Crippen molar-refractivity contribution in [2.45, 2.75) is 18.7 Å². The highest BCUT2D eigenvalue weighted by atomic mass is 32.2. The van der Waals surface area contributed by atoms with Crippen molar-refractivity contribution in [3.8, 4) is 5.69 Å². The molecule has 3 aromatic rings. The summed E-state index contributed by atoms with van der Waals surface area (Å²) in [6.45, 7) is 2.91. The fraction of sp³-hybridized carbons (Fsp3) is 0.143. The first kappa shape index (κ1) is 21.4. The van der Waals surface area contributed by atoms with Gasteiger partial charge < -0.3 is 9.30 Å². The number of aryl methyl sites for hydroxylation is 1. The second kappa shape index (κ2) is 8.21. The molecule has 1 aromatic heterocycles. The van der Waals surface area contributed by atoms with Crippen molar-refractivity contribution in [1.29, 1.82) is 0 Å². The van der Waals surface area contributed by atoms with Gasteiger partial charge in [-0.3, -0.25) is 4.79 Å². The lowest BCUT2D eigenvalue weighted by Gasteiger charge is -2.11. The number of hydrogen-bond donors (Lipinski definition) is 1. The molecule has 0 unspecified atom stereocenters. The van der Waals surface area contributed by atoms with E-state index in [0.717, 1.165) is 0 Å². The minimum atomic E-state index is -3.87. The average Bonchev–Trinajstić information content (AvgIpc) is 3.00. The third kappa shape index (κ3) is 4.32. The highest BCUT2D eigenvalue weighted by Gasteiger charge is 2.20. The maximum atomic E-state index is 14.2. The Balaban J connectivity index is 1.75. The molecule has 30 heavy (non-hydrogen) atoms. The Morgan fingerprint density at radius 2 is 1.70 bits per heavy atom. The van der Waals surface area contributed by atoms with Crippen LogP contribution in [0.1, 0.15) is 32.1 Å². The van der Waals surface area contributed by atoms with E-state index >= 15 is 0 Å². The van der Waals surface area contributed by atoms with Gasteiger partial charge in [0.25, 0.3) is 0 Å². The fourth-order valence-electron chi connectivity index (χ4n) is 3.12. The Hall–Kier alpha value is -3.30. The predicted octanol–water partition coefficient (Wildman–Crippen LogP) is 2.92. The number of nitrogens with two attached hydrogens (primary N) is 1. The molecule has 0 saturated carbocycles. The number of benzene rings is 2. The largest absolute Gasteiger partial charge is 0.454 e. The van der Waals surface area contributed by atoms with E-state index in [1.165, 1.54) is 30.3 Å². The van der Waals surface area contributed by atoms with Crippen molar-refractivity contribution in [2.24, 2.45) is 5.14 Å².